The molecule has 3 aromatic rings. The average molecular weight is 483 g/mol. The molecule has 2 aromatic carbocycles. The maximum Gasteiger partial charge on any atom is 0.252 e. The van der Waals surface area contributed by atoms with Gasteiger partial charge in [0.05, 0.1) is 14.2 Å². The minimum atomic E-state index is -0.146. The Labute approximate surface area is 213 Å². The van der Waals surface area contributed by atoms with Gasteiger partial charge in [-0.15, -0.1) is 0 Å². The Morgan fingerprint density at radius 1 is 0.833 bits per heavy atom. The number of hydrogen-bond donors (Lipinski definition) is 1. The molecule has 1 N–H and O–H groups in total. The largest absolute Gasteiger partial charge is 0.497 e. The van der Waals surface area contributed by atoms with Crippen LogP contribution in [0.2, 0.25) is 0 Å². The molecule has 0 spiro atoms. The van der Waals surface area contributed by atoms with E-state index in [1.165, 1.54) is 19.3 Å². The highest BCUT2D eigenvalue weighted by Gasteiger charge is 2.51. The Morgan fingerprint density at radius 2 is 1.33 bits per heavy atom. The number of pyridine rings is 1. The van der Waals surface area contributed by atoms with E-state index in [2.05, 4.69) is 34.6 Å². The summed E-state index contributed by atoms with van der Waals surface area (Å²) in [5.74, 6) is 3.82. The molecule has 0 atom stereocenters. The van der Waals surface area contributed by atoms with Crippen LogP contribution in [0.1, 0.15) is 71.5 Å². The quantitative estimate of drug-likeness (QED) is 0.450. The van der Waals surface area contributed by atoms with Crippen molar-refractivity contribution in [3.8, 4) is 11.5 Å². The van der Waals surface area contributed by atoms with Crippen LogP contribution in [0.15, 0.2) is 67.0 Å². The molecule has 4 bridgehead atoms. The first kappa shape index (κ1) is 23.1. The standard InChI is InChI=1S/C31H34N2O3/c1-35-25-7-3-23(4-8-25)29(24-5-9-26(36-2)10-6-24)28-19-32-12-11-27(28)30(34)33-31-16-20-13-21(17-31)15-22(14-20)18-31/h3-12,19-22,29H,13-18H2,1-2H3,(H,33,34). The second kappa shape index (κ2) is 9.27. The van der Waals surface area contributed by atoms with Crippen LogP contribution in [-0.2, 0) is 0 Å². The van der Waals surface area contributed by atoms with Crippen LogP contribution in [0.4, 0.5) is 0 Å². The normalized spacial score (nSPS) is 26.1. The molecule has 4 aliphatic carbocycles. The van der Waals surface area contributed by atoms with Crippen molar-refractivity contribution in [1.82, 2.24) is 10.3 Å². The van der Waals surface area contributed by atoms with Crippen LogP contribution >= 0.6 is 0 Å². The number of benzene rings is 2. The summed E-state index contributed by atoms with van der Waals surface area (Å²) in [6.45, 7) is 0. The van der Waals surface area contributed by atoms with E-state index in [4.69, 9.17) is 9.47 Å². The van der Waals surface area contributed by atoms with Gasteiger partial charge in [0.1, 0.15) is 11.5 Å². The van der Waals surface area contributed by atoms with E-state index in [-0.39, 0.29) is 17.4 Å². The molecule has 1 heterocycles. The third-order valence-electron chi connectivity index (χ3n) is 8.72. The fourth-order valence-electron chi connectivity index (χ4n) is 7.56. The van der Waals surface area contributed by atoms with E-state index >= 15 is 0 Å². The lowest BCUT2D eigenvalue weighted by atomic mass is 9.53. The van der Waals surface area contributed by atoms with Gasteiger partial charge in [-0.2, -0.15) is 0 Å². The fraction of sp³-hybridized carbons (Fsp3) is 0.419. The van der Waals surface area contributed by atoms with Gasteiger partial charge in [-0.3, -0.25) is 9.78 Å². The number of amides is 1. The lowest BCUT2D eigenvalue weighted by Crippen LogP contribution is -2.59. The number of nitrogens with one attached hydrogen (secondary N) is 1. The maximum absolute atomic E-state index is 13.9. The number of nitrogens with zero attached hydrogens (tertiary/aromatic N) is 1. The Hall–Kier alpha value is -3.34. The molecule has 4 aliphatic rings. The molecule has 36 heavy (non-hydrogen) atoms. The molecule has 4 saturated carbocycles. The molecule has 7 rings (SSSR count). The van der Waals surface area contributed by atoms with Gasteiger partial charge in [0.25, 0.3) is 5.91 Å². The van der Waals surface area contributed by atoms with Gasteiger partial charge in [-0.05, 0) is 103 Å². The summed E-state index contributed by atoms with van der Waals surface area (Å²) in [4.78, 5) is 18.4. The summed E-state index contributed by atoms with van der Waals surface area (Å²) in [5, 5.41) is 3.57. The molecule has 0 unspecified atom stereocenters. The van der Waals surface area contributed by atoms with Gasteiger partial charge < -0.3 is 14.8 Å². The van der Waals surface area contributed by atoms with Gasteiger partial charge in [0.2, 0.25) is 0 Å². The second-order valence-electron chi connectivity index (χ2n) is 11.1. The molecule has 4 fully saturated rings. The Morgan fingerprint density at radius 3 is 1.81 bits per heavy atom. The third kappa shape index (κ3) is 4.25. The molecular formula is C31H34N2O3. The molecule has 1 amide bonds. The number of carbonyl (C=O) groups is 1. The maximum atomic E-state index is 13.9. The third-order valence-corrected chi connectivity index (χ3v) is 8.72. The summed E-state index contributed by atoms with van der Waals surface area (Å²) in [7, 11) is 3.34. The van der Waals surface area contributed by atoms with Crippen molar-refractivity contribution in [3.05, 3.63) is 89.2 Å². The zero-order valence-electron chi connectivity index (χ0n) is 21.1. The zero-order chi connectivity index (χ0) is 24.7. The fourth-order valence-corrected chi connectivity index (χ4v) is 7.56. The van der Waals surface area contributed by atoms with Crippen molar-refractivity contribution < 1.29 is 14.3 Å². The number of aromatic nitrogens is 1. The predicted octanol–water partition coefficient (Wildman–Crippen LogP) is 5.98. The summed E-state index contributed by atoms with van der Waals surface area (Å²) in [6.07, 6.45) is 11.0. The first-order chi connectivity index (χ1) is 17.6. The summed E-state index contributed by atoms with van der Waals surface area (Å²) in [6, 6.07) is 18.0. The van der Waals surface area contributed by atoms with E-state index in [9.17, 15) is 4.79 Å². The van der Waals surface area contributed by atoms with Crippen molar-refractivity contribution >= 4 is 5.91 Å². The highest BCUT2D eigenvalue weighted by Crippen LogP contribution is 2.55. The highest BCUT2D eigenvalue weighted by molar-refractivity contribution is 5.96. The number of rotatable bonds is 7. The van der Waals surface area contributed by atoms with E-state index in [0.717, 1.165) is 65.2 Å². The number of hydrogen-bond acceptors (Lipinski definition) is 4. The van der Waals surface area contributed by atoms with Crippen LogP contribution in [0.5, 0.6) is 11.5 Å². The first-order valence-electron chi connectivity index (χ1n) is 13.1. The van der Waals surface area contributed by atoms with E-state index in [1.807, 2.05) is 36.5 Å². The molecule has 186 valence electrons. The van der Waals surface area contributed by atoms with Gasteiger partial charge in [0, 0.05) is 29.4 Å². The van der Waals surface area contributed by atoms with Gasteiger partial charge in [0.15, 0.2) is 0 Å². The predicted molar refractivity (Wildman–Crippen MR) is 140 cm³/mol. The highest BCUT2D eigenvalue weighted by atomic mass is 16.5. The number of carbonyl (C=O) groups excluding carboxylic acids is 1. The van der Waals surface area contributed by atoms with Crippen molar-refractivity contribution in [2.24, 2.45) is 17.8 Å². The second-order valence-corrected chi connectivity index (χ2v) is 11.1. The number of ether oxygens (including phenoxy) is 2. The van der Waals surface area contributed by atoms with Crippen molar-refractivity contribution in [2.75, 3.05) is 14.2 Å². The Bertz CT molecular complexity index is 1150. The summed E-state index contributed by atoms with van der Waals surface area (Å²) >= 11 is 0. The monoisotopic (exact) mass is 482 g/mol. The van der Waals surface area contributed by atoms with Crippen LogP contribution in [0, 0.1) is 17.8 Å². The van der Waals surface area contributed by atoms with Crippen LogP contribution in [0.25, 0.3) is 0 Å². The van der Waals surface area contributed by atoms with Crippen LogP contribution in [0.3, 0.4) is 0 Å². The van der Waals surface area contributed by atoms with E-state index in [1.54, 1.807) is 20.4 Å². The van der Waals surface area contributed by atoms with Gasteiger partial charge in [-0.1, -0.05) is 24.3 Å². The summed E-state index contributed by atoms with van der Waals surface area (Å²) in [5.41, 5.74) is 3.74. The Kier molecular flexibility index (Phi) is 5.94. The van der Waals surface area contributed by atoms with Crippen molar-refractivity contribution in [3.63, 3.8) is 0 Å². The van der Waals surface area contributed by atoms with Gasteiger partial charge in [-0.25, -0.2) is 0 Å². The molecular weight excluding hydrogens is 448 g/mol. The molecule has 5 heteroatoms. The minimum absolute atomic E-state index is 0.0290. The molecule has 0 aliphatic heterocycles. The zero-order valence-corrected chi connectivity index (χ0v) is 21.1. The summed E-state index contributed by atoms with van der Waals surface area (Å²) < 4.78 is 10.8. The van der Waals surface area contributed by atoms with Crippen molar-refractivity contribution in [1.29, 1.82) is 0 Å². The lowest BCUT2D eigenvalue weighted by Gasteiger charge is -2.56. The SMILES string of the molecule is COc1ccc(C(c2ccc(OC)cc2)c2cnccc2C(=O)NC23CC4CC(CC(C4)C2)C3)cc1. The smallest absolute Gasteiger partial charge is 0.252 e. The lowest BCUT2D eigenvalue weighted by molar-refractivity contribution is -0.0167. The van der Waals surface area contributed by atoms with E-state index < -0.39 is 0 Å². The van der Waals surface area contributed by atoms with E-state index in [0.29, 0.717) is 5.56 Å². The molecule has 0 radical (unpaired) electrons. The Balaban J connectivity index is 1.37. The minimum Gasteiger partial charge on any atom is -0.497 e. The van der Waals surface area contributed by atoms with Crippen LogP contribution < -0.4 is 14.8 Å². The molecule has 1 aromatic heterocycles. The first-order valence-corrected chi connectivity index (χ1v) is 13.1. The average Bonchev–Trinajstić information content (AvgIpc) is 2.89. The molecule has 0 saturated heterocycles. The topological polar surface area (TPSA) is 60.5 Å². The van der Waals surface area contributed by atoms with Crippen LogP contribution in [-0.4, -0.2) is 30.6 Å². The molecule has 5 nitrogen and oxygen atoms in total. The van der Waals surface area contributed by atoms with Gasteiger partial charge >= 0.3 is 0 Å². The number of methoxy groups -OCH3 is 2. The van der Waals surface area contributed by atoms with Crippen molar-refractivity contribution in [2.45, 2.75) is 50.0 Å².